The molecule has 0 bridgehead atoms. The SMILES string of the molecule is CCCn1ncc(Br)c1C(NCC)c1ccc(F)c(Br)c1. The third-order valence-corrected chi connectivity index (χ3v) is 4.45. The van der Waals surface area contributed by atoms with Crippen LogP contribution in [0.2, 0.25) is 0 Å². The first-order chi connectivity index (χ1) is 10.1. The van der Waals surface area contributed by atoms with Crippen LogP contribution in [0, 0.1) is 5.82 Å². The van der Waals surface area contributed by atoms with Crippen LogP contribution in [-0.2, 0) is 6.54 Å². The van der Waals surface area contributed by atoms with Gasteiger partial charge in [0.2, 0.25) is 0 Å². The zero-order valence-corrected chi connectivity index (χ0v) is 15.2. The Morgan fingerprint density at radius 1 is 1.29 bits per heavy atom. The van der Waals surface area contributed by atoms with Gasteiger partial charge >= 0.3 is 0 Å². The number of benzene rings is 1. The van der Waals surface area contributed by atoms with Crippen LogP contribution in [0.5, 0.6) is 0 Å². The van der Waals surface area contributed by atoms with Crippen molar-refractivity contribution in [3.05, 3.63) is 50.4 Å². The summed E-state index contributed by atoms with van der Waals surface area (Å²) < 4.78 is 16.9. The van der Waals surface area contributed by atoms with Crippen molar-refractivity contribution in [2.75, 3.05) is 6.54 Å². The Balaban J connectivity index is 2.47. The molecule has 0 amide bonds. The van der Waals surface area contributed by atoms with Gasteiger partial charge in [-0.05, 0) is 62.5 Å². The highest BCUT2D eigenvalue weighted by Gasteiger charge is 2.21. The van der Waals surface area contributed by atoms with Crippen molar-refractivity contribution in [3.63, 3.8) is 0 Å². The molecule has 114 valence electrons. The van der Waals surface area contributed by atoms with E-state index in [0.717, 1.165) is 35.2 Å². The van der Waals surface area contributed by atoms with Crippen molar-refractivity contribution in [2.24, 2.45) is 0 Å². The predicted molar refractivity (Wildman–Crippen MR) is 89.8 cm³/mol. The Morgan fingerprint density at radius 2 is 2.05 bits per heavy atom. The minimum atomic E-state index is -0.255. The second-order valence-electron chi connectivity index (χ2n) is 4.77. The lowest BCUT2D eigenvalue weighted by atomic mass is 10.0. The van der Waals surface area contributed by atoms with Gasteiger partial charge in [-0.2, -0.15) is 5.10 Å². The largest absolute Gasteiger partial charge is 0.305 e. The Labute approximate surface area is 141 Å². The molecule has 1 N–H and O–H groups in total. The highest BCUT2D eigenvalue weighted by Crippen LogP contribution is 2.31. The maximum Gasteiger partial charge on any atom is 0.137 e. The summed E-state index contributed by atoms with van der Waals surface area (Å²) in [5.74, 6) is -0.255. The molecule has 3 nitrogen and oxygen atoms in total. The number of hydrogen-bond acceptors (Lipinski definition) is 2. The molecule has 6 heteroatoms. The van der Waals surface area contributed by atoms with Gasteiger partial charge < -0.3 is 5.32 Å². The molecule has 0 saturated heterocycles. The molecule has 1 aromatic heterocycles. The predicted octanol–water partition coefficient (Wildman–Crippen LogP) is 4.66. The van der Waals surface area contributed by atoms with E-state index in [4.69, 9.17) is 0 Å². The van der Waals surface area contributed by atoms with Gasteiger partial charge in [-0.25, -0.2) is 4.39 Å². The van der Waals surface area contributed by atoms with Gasteiger partial charge in [0, 0.05) is 6.54 Å². The molecule has 0 fully saturated rings. The highest BCUT2D eigenvalue weighted by atomic mass is 79.9. The monoisotopic (exact) mass is 417 g/mol. The highest BCUT2D eigenvalue weighted by molar-refractivity contribution is 9.10. The number of hydrogen-bond donors (Lipinski definition) is 1. The van der Waals surface area contributed by atoms with E-state index in [1.807, 2.05) is 23.0 Å². The average molecular weight is 419 g/mol. The summed E-state index contributed by atoms with van der Waals surface area (Å²) in [7, 11) is 0. The summed E-state index contributed by atoms with van der Waals surface area (Å²) in [6, 6.07) is 5.08. The third kappa shape index (κ3) is 3.73. The van der Waals surface area contributed by atoms with E-state index >= 15 is 0 Å². The average Bonchev–Trinajstić information content (AvgIpc) is 2.81. The fraction of sp³-hybridized carbons (Fsp3) is 0.400. The molecule has 1 aromatic carbocycles. The number of aryl methyl sites for hydroxylation is 1. The van der Waals surface area contributed by atoms with Crippen LogP contribution >= 0.6 is 31.9 Å². The van der Waals surface area contributed by atoms with Crippen LogP contribution in [0.4, 0.5) is 4.39 Å². The van der Waals surface area contributed by atoms with Crippen molar-refractivity contribution in [1.82, 2.24) is 15.1 Å². The van der Waals surface area contributed by atoms with Crippen molar-refractivity contribution < 1.29 is 4.39 Å². The molecule has 2 aromatic rings. The first-order valence-electron chi connectivity index (χ1n) is 6.98. The van der Waals surface area contributed by atoms with Crippen LogP contribution in [0.3, 0.4) is 0 Å². The van der Waals surface area contributed by atoms with Crippen LogP contribution in [-0.4, -0.2) is 16.3 Å². The normalized spacial score (nSPS) is 12.6. The lowest BCUT2D eigenvalue weighted by Gasteiger charge is -2.21. The molecule has 21 heavy (non-hydrogen) atoms. The van der Waals surface area contributed by atoms with Crippen LogP contribution < -0.4 is 5.32 Å². The van der Waals surface area contributed by atoms with E-state index in [1.54, 1.807) is 0 Å². The summed E-state index contributed by atoms with van der Waals surface area (Å²) in [6.07, 6.45) is 2.82. The van der Waals surface area contributed by atoms with Crippen molar-refractivity contribution in [1.29, 1.82) is 0 Å². The zero-order valence-electron chi connectivity index (χ0n) is 12.0. The Bertz CT molecular complexity index is 613. The number of rotatable bonds is 6. The summed E-state index contributed by atoms with van der Waals surface area (Å²) in [5, 5.41) is 7.87. The van der Waals surface area contributed by atoms with Crippen LogP contribution in [0.1, 0.15) is 37.6 Å². The second kappa shape index (κ2) is 7.51. The van der Waals surface area contributed by atoms with Gasteiger partial charge in [-0.1, -0.05) is 19.9 Å². The number of halogens is 3. The minimum Gasteiger partial charge on any atom is -0.305 e. The van der Waals surface area contributed by atoms with Gasteiger partial charge in [0.15, 0.2) is 0 Å². The maximum atomic E-state index is 13.5. The van der Waals surface area contributed by atoms with E-state index in [1.165, 1.54) is 6.07 Å². The fourth-order valence-corrected chi connectivity index (χ4v) is 3.24. The van der Waals surface area contributed by atoms with E-state index in [-0.39, 0.29) is 11.9 Å². The third-order valence-electron chi connectivity index (χ3n) is 3.23. The smallest absolute Gasteiger partial charge is 0.137 e. The molecular weight excluding hydrogens is 401 g/mol. The van der Waals surface area contributed by atoms with Gasteiger partial charge in [0.05, 0.1) is 26.9 Å². The van der Waals surface area contributed by atoms with Crippen molar-refractivity contribution in [3.8, 4) is 0 Å². The molecule has 2 rings (SSSR count). The van der Waals surface area contributed by atoms with E-state index in [0.29, 0.717) is 4.47 Å². The maximum absolute atomic E-state index is 13.5. The lowest BCUT2D eigenvalue weighted by molar-refractivity contribution is 0.518. The van der Waals surface area contributed by atoms with Gasteiger partial charge in [-0.15, -0.1) is 0 Å². The molecule has 1 atom stereocenters. The zero-order chi connectivity index (χ0) is 15.4. The number of nitrogens with one attached hydrogen (secondary N) is 1. The first-order valence-corrected chi connectivity index (χ1v) is 8.56. The van der Waals surface area contributed by atoms with Crippen molar-refractivity contribution in [2.45, 2.75) is 32.9 Å². The standard InChI is InChI=1S/C15H18Br2FN3/c1-3-7-21-15(12(17)9-20-21)14(19-4-2)10-5-6-13(18)11(16)8-10/h5-6,8-9,14,19H,3-4,7H2,1-2H3. The van der Waals surface area contributed by atoms with Crippen molar-refractivity contribution >= 4 is 31.9 Å². The summed E-state index contributed by atoms with van der Waals surface area (Å²) in [6.45, 7) is 5.84. The lowest BCUT2D eigenvalue weighted by Crippen LogP contribution is -2.25. The Hall–Kier alpha value is -0.720. The molecular formula is C15H18Br2FN3. The topological polar surface area (TPSA) is 29.9 Å². The molecule has 0 aliphatic rings. The molecule has 0 saturated carbocycles. The van der Waals surface area contributed by atoms with Gasteiger partial charge in [-0.3, -0.25) is 4.68 Å². The van der Waals surface area contributed by atoms with E-state index in [9.17, 15) is 4.39 Å². The quantitative estimate of drug-likeness (QED) is 0.739. The van der Waals surface area contributed by atoms with Crippen LogP contribution in [0.15, 0.2) is 33.3 Å². The molecule has 0 aliphatic heterocycles. The number of aromatic nitrogens is 2. The van der Waals surface area contributed by atoms with E-state index < -0.39 is 0 Å². The summed E-state index contributed by atoms with van der Waals surface area (Å²) in [4.78, 5) is 0. The summed E-state index contributed by atoms with van der Waals surface area (Å²) >= 11 is 6.84. The minimum absolute atomic E-state index is 0.0321. The molecule has 0 radical (unpaired) electrons. The Morgan fingerprint density at radius 3 is 2.67 bits per heavy atom. The molecule has 0 aliphatic carbocycles. The molecule has 1 heterocycles. The fourth-order valence-electron chi connectivity index (χ4n) is 2.32. The number of nitrogens with zero attached hydrogens (tertiary/aromatic N) is 2. The Kier molecular flexibility index (Phi) is 5.96. The van der Waals surface area contributed by atoms with E-state index in [2.05, 4.69) is 56.1 Å². The van der Waals surface area contributed by atoms with Gasteiger partial charge in [0.25, 0.3) is 0 Å². The molecule has 1 unspecified atom stereocenters. The van der Waals surface area contributed by atoms with Crippen LogP contribution in [0.25, 0.3) is 0 Å². The second-order valence-corrected chi connectivity index (χ2v) is 6.47. The summed E-state index contributed by atoms with van der Waals surface area (Å²) in [5.41, 5.74) is 2.07. The van der Waals surface area contributed by atoms with Gasteiger partial charge in [0.1, 0.15) is 5.82 Å². The first kappa shape index (κ1) is 16.6. The molecule has 0 spiro atoms.